The van der Waals surface area contributed by atoms with Crippen molar-refractivity contribution in [2.24, 2.45) is 17.8 Å². The molecule has 0 N–H and O–H groups in total. The molecule has 2 aliphatic rings. The second-order valence-electron chi connectivity index (χ2n) is 3.78. The summed E-state index contributed by atoms with van der Waals surface area (Å²) in [6.45, 7) is 0. The van der Waals surface area contributed by atoms with E-state index in [1.165, 1.54) is 25.7 Å². The van der Waals surface area contributed by atoms with Gasteiger partial charge in [-0.2, -0.15) is 0 Å². The third-order valence-electron chi connectivity index (χ3n) is 3.01. The van der Waals surface area contributed by atoms with E-state index in [-0.39, 0.29) is 11.2 Å². The predicted octanol–water partition coefficient (Wildman–Crippen LogP) is 2.74. The van der Waals surface area contributed by atoms with Crippen LogP contribution in [-0.4, -0.2) is 5.24 Å². The fourth-order valence-corrected chi connectivity index (χ4v) is 2.56. The molecule has 0 aromatic carbocycles. The minimum atomic E-state index is -0.128. The minimum Gasteiger partial charge on any atom is -0.281 e. The van der Waals surface area contributed by atoms with Crippen LogP contribution in [0.5, 0.6) is 0 Å². The van der Waals surface area contributed by atoms with Crippen LogP contribution in [0.25, 0.3) is 0 Å². The molecular formula is C10H13ClO. The van der Waals surface area contributed by atoms with Crippen LogP contribution in [0.1, 0.15) is 25.7 Å². The Kier molecular flexibility index (Phi) is 2.22. The Morgan fingerprint density at radius 3 is 3.00 bits per heavy atom. The SMILES string of the molecule is O=C(Cl)[C@H]1[C@@H]2C=CCCCC[C@@H]21. The molecule has 0 aliphatic heterocycles. The molecule has 0 heterocycles. The maximum atomic E-state index is 10.9. The molecule has 1 nitrogen and oxygen atoms in total. The normalized spacial score (nSPS) is 39.6. The number of hydrogen-bond acceptors (Lipinski definition) is 1. The van der Waals surface area contributed by atoms with Gasteiger partial charge in [0.15, 0.2) is 0 Å². The summed E-state index contributed by atoms with van der Waals surface area (Å²) in [7, 11) is 0. The molecule has 0 aromatic heterocycles. The third-order valence-corrected chi connectivity index (χ3v) is 3.26. The fraction of sp³-hybridized carbons (Fsp3) is 0.700. The Hall–Kier alpha value is -0.300. The molecule has 12 heavy (non-hydrogen) atoms. The van der Waals surface area contributed by atoms with Crippen molar-refractivity contribution in [2.75, 3.05) is 0 Å². The smallest absolute Gasteiger partial charge is 0.225 e. The molecule has 1 fully saturated rings. The zero-order valence-electron chi connectivity index (χ0n) is 7.00. The average molecular weight is 185 g/mol. The van der Waals surface area contributed by atoms with Crippen molar-refractivity contribution in [3.63, 3.8) is 0 Å². The van der Waals surface area contributed by atoms with Gasteiger partial charge >= 0.3 is 0 Å². The molecule has 1 saturated carbocycles. The van der Waals surface area contributed by atoms with E-state index in [9.17, 15) is 4.79 Å². The fourth-order valence-electron chi connectivity index (χ4n) is 2.25. The summed E-state index contributed by atoms with van der Waals surface area (Å²) in [4.78, 5) is 10.9. The van der Waals surface area contributed by atoms with Gasteiger partial charge in [-0.3, -0.25) is 4.79 Å². The highest BCUT2D eigenvalue weighted by Crippen LogP contribution is 2.52. The van der Waals surface area contributed by atoms with Gasteiger partial charge in [-0.05, 0) is 42.7 Å². The Morgan fingerprint density at radius 2 is 2.25 bits per heavy atom. The Balaban J connectivity index is 2.03. The van der Waals surface area contributed by atoms with Crippen LogP contribution >= 0.6 is 11.6 Å². The van der Waals surface area contributed by atoms with Gasteiger partial charge in [0.05, 0.1) is 0 Å². The number of rotatable bonds is 1. The molecule has 0 unspecified atom stereocenters. The third kappa shape index (κ3) is 1.42. The molecule has 0 spiro atoms. The summed E-state index contributed by atoms with van der Waals surface area (Å²) in [5, 5.41) is -0.128. The van der Waals surface area contributed by atoms with E-state index in [0.29, 0.717) is 11.8 Å². The maximum absolute atomic E-state index is 10.9. The van der Waals surface area contributed by atoms with E-state index in [1.54, 1.807) is 0 Å². The molecule has 2 rings (SSSR count). The van der Waals surface area contributed by atoms with E-state index in [1.807, 2.05) is 0 Å². The van der Waals surface area contributed by atoms with Crippen molar-refractivity contribution in [3.05, 3.63) is 12.2 Å². The summed E-state index contributed by atoms with van der Waals surface area (Å²) in [6, 6.07) is 0. The van der Waals surface area contributed by atoms with Crippen molar-refractivity contribution in [2.45, 2.75) is 25.7 Å². The van der Waals surface area contributed by atoms with Crippen LogP contribution < -0.4 is 0 Å². The maximum Gasteiger partial charge on any atom is 0.225 e. The molecule has 3 atom stereocenters. The highest BCUT2D eigenvalue weighted by molar-refractivity contribution is 6.64. The molecule has 0 radical (unpaired) electrons. The summed E-state index contributed by atoms with van der Waals surface area (Å²) >= 11 is 5.48. The summed E-state index contributed by atoms with van der Waals surface area (Å²) in [5.74, 6) is 1.21. The number of fused-ring (bicyclic) bond motifs is 1. The van der Waals surface area contributed by atoms with Gasteiger partial charge in [-0.15, -0.1) is 0 Å². The number of carbonyl (C=O) groups excluding carboxylic acids is 1. The van der Waals surface area contributed by atoms with Crippen LogP contribution in [0, 0.1) is 17.8 Å². The van der Waals surface area contributed by atoms with Gasteiger partial charge in [0, 0.05) is 5.92 Å². The molecule has 2 aliphatic carbocycles. The lowest BCUT2D eigenvalue weighted by Gasteiger charge is -1.99. The quantitative estimate of drug-likeness (QED) is 0.453. The lowest BCUT2D eigenvalue weighted by atomic mass is 10.1. The first-order valence-electron chi connectivity index (χ1n) is 4.66. The van der Waals surface area contributed by atoms with Gasteiger partial charge < -0.3 is 0 Å². The van der Waals surface area contributed by atoms with Crippen molar-refractivity contribution >= 4 is 16.8 Å². The summed E-state index contributed by atoms with van der Waals surface area (Å²) in [5.41, 5.74) is 0. The number of allylic oxidation sites excluding steroid dienone is 2. The monoisotopic (exact) mass is 184 g/mol. The molecule has 0 saturated heterocycles. The molecule has 0 bridgehead atoms. The highest BCUT2D eigenvalue weighted by atomic mass is 35.5. The van der Waals surface area contributed by atoms with Crippen molar-refractivity contribution in [1.29, 1.82) is 0 Å². The zero-order valence-corrected chi connectivity index (χ0v) is 7.76. The molecule has 2 heteroatoms. The van der Waals surface area contributed by atoms with E-state index < -0.39 is 0 Å². The number of halogens is 1. The second kappa shape index (κ2) is 3.21. The zero-order chi connectivity index (χ0) is 8.55. The second-order valence-corrected chi connectivity index (χ2v) is 4.16. The molecule has 0 amide bonds. The van der Waals surface area contributed by atoms with E-state index in [2.05, 4.69) is 12.2 Å². The molecular weight excluding hydrogens is 172 g/mol. The van der Waals surface area contributed by atoms with Gasteiger partial charge in [0.1, 0.15) is 0 Å². The van der Waals surface area contributed by atoms with E-state index in [4.69, 9.17) is 11.6 Å². The first-order chi connectivity index (χ1) is 5.80. The average Bonchev–Trinajstić information content (AvgIpc) is 2.60. The van der Waals surface area contributed by atoms with Gasteiger partial charge in [-0.25, -0.2) is 0 Å². The minimum absolute atomic E-state index is 0.128. The van der Waals surface area contributed by atoms with Crippen molar-refractivity contribution < 1.29 is 4.79 Å². The van der Waals surface area contributed by atoms with Crippen LogP contribution in [0.3, 0.4) is 0 Å². The van der Waals surface area contributed by atoms with Crippen LogP contribution in [0.4, 0.5) is 0 Å². The first kappa shape index (κ1) is 8.31. The van der Waals surface area contributed by atoms with Gasteiger partial charge in [0.25, 0.3) is 0 Å². The largest absolute Gasteiger partial charge is 0.281 e. The topological polar surface area (TPSA) is 17.1 Å². The molecule has 66 valence electrons. The summed E-state index contributed by atoms with van der Waals surface area (Å²) < 4.78 is 0. The molecule has 0 aromatic rings. The lowest BCUT2D eigenvalue weighted by molar-refractivity contribution is -0.113. The number of hydrogen-bond donors (Lipinski definition) is 0. The van der Waals surface area contributed by atoms with Crippen molar-refractivity contribution in [3.8, 4) is 0 Å². The summed E-state index contributed by atoms with van der Waals surface area (Å²) in [6.07, 6.45) is 9.28. The van der Waals surface area contributed by atoms with E-state index >= 15 is 0 Å². The van der Waals surface area contributed by atoms with Crippen LogP contribution in [0.15, 0.2) is 12.2 Å². The highest BCUT2D eigenvalue weighted by Gasteiger charge is 2.51. The Labute approximate surface area is 77.8 Å². The predicted molar refractivity (Wildman–Crippen MR) is 48.9 cm³/mol. The Bertz CT molecular complexity index is 222. The number of carbonyl (C=O) groups is 1. The Morgan fingerprint density at radius 1 is 1.42 bits per heavy atom. The van der Waals surface area contributed by atoms with E-state index in [0.717, 1.165) is 0 Å². The standard InChI is InChI=1S/C10H13ClO/c11-10(12)9-7-5-3-1-2-4-6-8(7)9/h3,5,7-9H,1-2,4,6H2/t7-,8+,9+/m1/s1. The van der Waals surface area contributed by atoms with Gasteiger partial charge in [-0.1, -0.05) is 18.6 Å². The van der Waals surface area contributed by atoms with Gasteiger partial charge in [0.2, 0.25) is 5.24 Å². The van der Waals surface area contributed by atoms with Crippen molar-refractivity contribution in [1.82, 2.24) is 0 Å². The van der Waals surface area contributed by atoms with Crippen LogP contribution in [-0.2, 0) is 4.79 Å². The first-order valence-corrected chi connectivity index (χ1v) is 5.04. The lowest BCUT2D eigenvalue weighted by Crippen LogP contribution is -1.92. The van der Waals surface area contributed by atoms with Crippen LogP contribution in [0.2, 0.25) is 0 Å².